The van der Waals surface area contributed by atoms with E-state index in [2.05, 4.69) is 0 Å². The van der Waals surface area contributed by atoms with E-state index in [1.165, 1.54) is 63.7 Å². The van der Waals surface area contributed by atoms with E-state index in [1.807, 2.05) is 95.3 Å². The number of hydrogen-bond donors (Lipinski definition) is 0. The van der Waals surface area contributed by atoms with Crippen LogP contribution in [0.15, 0.2) is 269 Å². The molecule has 7 aromatic carbocycles. The lowest BCUT2D eigenvalue weighted by Crippen LogP contribution is -2.45. The van der Waals surface area contributed by atoms with Crippen molar-refractivity contribution in [3.63, 3.8) is 0 Å². The van der Waals surface area contributed by atoms with Crippen LogP contribution in [0.5, 0.6) is 28.7 Å². The molecular weight excluding hydrogens is 2020 g/mol. The second-order valence-corrected chi connectivity index (χ2v) is 51.4. The molecule has 0 bridgehead atoms. The summed E-state index contributed by atoms with van der Waals surface area (Å²) in [6, 6.07) is 44.4. The maximum Gasteiger partial charge on any atom is 0.376 e. The Hall–Kier alpha value is -12.4. The van der Waals surface area contributed by atoms with Gasteiger partial charge < -0.3 is 59.9 Å². The van der Waals surface area contributed by atoms with E-state index in [0.717, 1.165) is 27.8 Å². The molecule has 7 aromatic rings. The van der Waals surface area contributed by atoms with Crippen molar-refractivity contribution in [2.45, 2.75) is 165 Å². The zero-order valence-electron chi connectivity index (χ0n) is 89.7. The van der Waals surface area contributed by atoms with Gasteiger partial charge in [-0.2, -0.15) is 0 Å². The van der Waals surface area contributed by atoms with E-state index in [4.69, 9.17) is 68.9 Å². The second-order valence-electron chi connectivity index (χ2n) is 41.4. The van der Waals surface area contributed by atoms with Crippen LogP contribution in [0.25, 0.3) is 0 Å². The Morgan fingerprint density at radius 3 is 0.560 bits per heavy atom. The molecule has 30 nitrogen and oxygen atoms in total. The highest BCUT2D eigenvalue weighted by atomic mass is 31.2. The standard InChI is InChI=1S/2C26H27O6P.3C21H25O6P/c2*1-25(2)21(27)13-14-26(3)20-15-18(30-4)11-12-19(20)22(28)23(24(25)26)32-33(5,29)31-16-17-9-7-6-8-10-17;3*1-7-26-28(6,24)27-18-17(23)14-9-8-13(25-5)12-15(14)21(4)11-10-16(22)20(2,3)19(18)21/h2*6-15H,16H2,1-5H3;3*8-12H,7H2,1-6H3/t26-,33?;;2*21-,28?;/m1.10./s1. The van der Waals surface area contributed by atoms with E-state index < -0.39 is 121 Å². The van der Waals surface area contributed by atoms with E-state index in [-0.39, 0.29) is 90.7 Å². The number of rotatable bonds is 27. The van der Waals surface area contributed by atoms with Crippen LogP contribution in [-0.4, -0.2) is 147 Å². The minimum absolute atomic E-state index is 0.0675. The quantitative estimate of drug-likeness (QED) is 0.0432. The molecule has 10 aliphatic carbocycles. The molecule has 0 fully saturated rings. The van der Waals surface area contributed by atoms with Gasteiger partial charge in [0.15, 0.2) is 57.7 Å². The highest BCUT2D eigenvalue weighted by molar-refractivity contribution is 7.54. The molecule has 0 aliphatic heterocycles. The van der Waals surface area contributed by atoms with Gasteiger partial charge in [0.2, 0.25) is 28.9 Å². The minimum Gasteiger partial charge on any atom is -0.497 e. The van der Waals surface area contributed by atoms with Gasteiger partial charge in [-0.1, -0.05) is 91.0 Å². The Morgan fingerprint density at radius 1 is 0.233 bits per heavy atom. The van der Waals surface area contributed by atoms with Gasteiger partial charge in [0.05, 0.1) is 95.7 Å². The van der Waals surface area contributed by atoms with Gasteiger partial charge in [-0.3, -0.25) is 57.0 Å². The van der Waals surface area contributed by atoms with E-state index in [1.54, 1.807) is 247 Å². The zero-order valence-corrected chi connectivity index (χ0v) is 94.2. The number of ketones is 10. The predicted molar refractivity (Wildman–Crippen MR) is 569 cm³/mol. The molecule has 17 rings (SSSR count). The fraction of sp³-hybridized carbons (Fsp3) is 0.374. The van der Waals surface area contributed by atoms with E-state index in [0.29, 0.717) is 95.6 Å². The van der Waals surface area contributed by atoms with Crippen LogP contribution in [-0.2, 0) is 132 Å². The molecule has 150 heavy (non-hydrogen) atoms. The van der Waals surface area contributed by atoms with Crippen LogP contribution in [0, 0.1) is 27.1 Å². The molecule has 794 valence electrons. The highest BCUT2D eigenvalue weighted by Crippen LogP contribution is 2.65. The summed E-state index contributed by atoms with van der Waals surface area (Å²) >= 11 is 0. The molecule has 35 heteroatoms. The first-order valence-electron chi connectivity index (χ1n) is 48.7. The van der Waals surface area contributed by atoms with Gasteiger partial charge in [0.25, 0.3) is 0 Å². The molecule has 0 saturated heterocycles. The fourth-order valence-electron chi connectivity index (χ4n) is 21.5. The number of carbonyl (C=O) groups excluding carboxylic acids is 10. The number of benzene rings is 7. The van der Waals surface area contributed by atoms with E-state index >= 15 is 0 Å². The molecule has 0 heterocycles. The Balaban J connectivity index is 0.000000157. The summed E-state index contributed by atoms with van der Waals surface area (Å²) in [4.78, 5) is 131. The van der Waals surface area contributed by atoms with Gasteiger partial charge in [-0.05, 0) is 285 Å². The second kappa shape index (κ2) is 42.3. The molecular formula is C115H129O30P5. The van der Waals surface area contributed by atoms with Crippen LogP contribution < -0.4 is 23.7 Å². The zero-order chi connectivity index (χ0) is 111. The lowest BCUT2D eigenvalue weighted by molar-refractivity contribution is -0.122. The Labute approximate surface area is 875 Å². The minimum atomic E-state index is -3.70. The number of fused-ring (bicyclic) bond motifs is 15. The Bertz CT molecular complexity index is 6820. The monoisotopic (exact) mass is 2140 g/mol. The topological polar surface area (TPSA) is 394 Å². The summed E-state index contributed by atoms with van der Waals surface area (Å²) in [5, 5.41) is 0. The molecule has 10 aliphatic rings. The van der Waals surface area contributed by atoms with Crippen LogP contribution in [0.3, 0.4) is 0 Å². The van der Waals surface area contributed by atoms with Gasteiger partial charge in [-0.15, -0.1) is 0 Å². The summed E-state index contributed by atoms with van der Waals surface area (Å²) in [7, 11) is -10.2. The molecule has 0 spiro atoms. The van der Waals surface area contributed by atoms with Gasteiger partial charge in [0.1, 0.15) is 28.7 Å². The number of carbonyl (C=O) groups is 10. The molecule has 0 saturated carbocycles. The van der Waals surface area contributed by atoms with Crippen LogP contribution in [0.2, 0.25) is 0 Å². The normalized spacial score (nSPS) is 24.1. The summed E-state index contributed by atoms with van der Waals surface area (Å²) in [5.41, 5.74) is 0.561. The van der Waals surface area contributed by atoms with Crippen molar-refractivity contribution >= 4 is 95.8 Å². The summed E-state index contributed by atoms with van der Waals surface area (Å²) in [6.07, 6.45) is 16.5. The maximum absolute atomic E-state index is 13.6. The van der Waals surface area contributed by atoms with Crippen molar-refractivity contribution in [3.8, 4) is 28.7 Å². The third-order valence-electron chi connectivity index (χ3n) is 29.0. The largest absolute Gasteiger partial charge is 0.497 e. The molecule has 0 radical (unpaired) electrons. The molecule has 0 aromatic heterocycles. The van der Waals surface area contributed by atoms with Crippen molar-refractivity contribution in [1.29, 1.82) is 0 Å². The highest BCUT2D eigenvalue weighted by Gasteiger charge is 2.60. The lowest BCUT2D eigenvalue weighted by atomic mass is 9.57. The first-order valence-corrected chi connectivity index (χ1v) is 58.6. The fourth-order valence-corrected chi connectivity index (χ4v) is 26.4. The number of ether oxygens (including phenoxy) is 5. The number of methoxy groups -OCH3 is 5. The van der Waals surface area contributed by atoms with Crippen LogP contribution in [0.4, 0.5) is 0 Å². The first kappa shape index (κ1) is 115. The maximum atomic E-state index is 13.6. The third kappa shape index (κ3) is 21.6. The molecule has 10 atom stereocenters. The Morgan fingerprint density at radius 2 is 0.400 bits per heavy atom. The Kier molecular flexibility index (Phi) is 32.4. The van der Waals surface area contributed by atoms with Crippen LogP contribution in [0.1, 0.15) is 215 Å². The lowest BCUT2D eigenvalue weighted by Gasteiger charge is -2.45. The summed E-state index contributed by atoms with van der Waals surface area (Å²) < 4.78 is 148. The van der Waals surface area contributed by atoms with Crippen molar-refractivity contribution in [3.05, 3.63) is 336 Å². The smallest absolute Gasteiger partial charge is 0.376 e. The third-order valence-corrected chi connectivity index (χ3v) is 34.9. The van der Waals surface area contributed by atoms with Crippen LogP contribution >= 0.6 is 38.0 Å². The number of hydrogen-bond acceptors (Lipinski definition) is 30. The van der Waals surface area contributed by atoms with Gasteiger partial charge >= 0.3 is 38.0 Å². The molecule has 0 N–H and O–H groups in total. The number of allylic oxidation sites excluding steroid dienone is 20. The van der Waals surface area contributed by atoms with Crippen molar-refractivity contribution < 1.29 is 140 Å². The van der Waals surface area contributed by atoms with Gasteiger partial charge in [-0.25, -0.2) is 22.8 Å². The molecule has 7 unspecified atom stereocenters. The predicted octanol–water partition coefficient (Wildman–Crippen LogP) is 24.6. The van der Waals surface area contributed by atoms with Crippen molar-refractivity contribution in [2.24, 2.45) is 27.1 Å². The van der Waals surface area contributed by atoms with Crippen molar-refractivity contribution in [1.82, 2.24) is 0 Å². The van der Waals surface area contributed by atoms with E-state index in [9.17, 15) is 70.8 Å². The first-order chi connectivity index (χ1) is 69.9. The molecule has 0 amide bonds. The summed E-state index contributed by atoms with van der Waals surface area (Å²) in [6.45, 7) is 39.5. The van der Waals surface area contributed by atoms with Gasteiger partial charge in [0, 0.05) is 116 Å². The summed E-state index contributed by atoms with van der Waals surface area (Å²) in [5.74, 6) is -0.229. The number of Topliss-reactive ketones (excluding diaryl/α,β-unsaturated/α-hetero) is 5. The van der Waals surface area contributed by atoms with Crippen molar-refractivity contribution in [2.75, 3.05) is 88.7 Å². The average molecular weight is 2150 g/mol. The SMILES string of the molecule is CCOP(C)(=O)OC1=C2C(C)(C)C(=O)C=CC2(C)c2cc(OC)ccc2C1=O.CCOP(C)(=O)OC1=C2C(C)(C)C(=O)C=C[C@@]2(C)c2cc(OC)ccc2C1=O.CCOP(C)(=O)OC1=C2C(C)(C)C(=O)C=C[C@]2(C)c2cc(OC)ccc2C1=O.COc1ccc2c(c1)C1(C)C=CC(=O)C(C)(C)C1=C(OP(C)(=O)OCc1ccccc1)C2=O.COc1ccc2c(c1)[C@@]1(C)C=CC(=O)C(C)(C)C1=C(OP(C)(=O)OCc1ccccc1)C2=O. The average Bonchev–Trinajstić information content (AvgIpc) is 0.690.